The van der Waals surface area contributed by atoms with Crippen molar-refractivity contribution in [2.24, 2.45) is 5.41 Å². The topological polar surface area (TPSA) is 23.9 Å². The van der Waals surface area contributed by atoms with Crippen molar-refractivity contribution < 1.29 is 0 Å². The first-order valence-corrected chi connectivity index (χ1v) is 4.64. The van der Waals surface area contributed by atoms with Crippen molar-refractivity contribution in [2.75, 3.05) is 0 Å². The van der Waals surface area contributed by atoms with Crippen LogP contribution in [0.4, 0.5) is 0 Å². The van der Waals surface area contributed by atoms with Gasteiger partial charge in [0.2, 0.25) is 0 Å². The Morgan fingerprint density at radius 2 is 1.77 bits per heavy atom. The van der Waals surface area contributed by atoms with Gasteiger partial charge in [0.1, 0.15) is 0 Å². The first-order valence-electron chi connectivity index (χ1n) is 4.64. The molecule has 13 heavy (non-hydrogen) atoms. The molecule has 0 aliphatic heterocycles. The summed E-state index contributed by atoms with van der Waals surface area (Å²) in [7, 11) is 0. The van der Waals surface area contributed by atoms with Crippen LogP contribution in [0.3, 0.4) is 0 Å². The van der Waals surface area contributed by atoms with Crippen LogP contribution >= 0.6 is 0 Å². The van der Waals surface area contributed by atoms with Crippen molar-refractivity contribution in [1.82, 2.24) is 0 Å². The highest BCUT2D eigenvalue weighted by Crippen LogP contribution is 2.32. The molecule has 0 radical (unpaired) electrons. The van der Waals surface area contributed by atoms with Gasteiger partial charge in [-0.25, -0.2) is 0 Å². The van der Waals surface area contributed by atoms with Gasteiger partial charge in [-0.05, 0) is 11.5 Å². The Hall–Kier alpha value is -1.11. The second-order valence-electron chi connectivity index (χ2n) is 4.10. The Labute approximate surface area is 80.3 Å². The minimum atomic E-state index is -0.0542. The standard InChI is InChI=1S/C12H17N/c1-10(12(2,3)9-13)11-7-5-4-6-8-11/h4-10,13H,1-3H3. The smallest absolute Gasteiger partial charge is 0.00590 e. The van der Waals surface area contributed by atoms with E-state index in [9.17, 15) is 0 Å². The van der Waals surface area contributed by atoms with Crippen LogP contribution in [-0.4, -0.2) is 6.21 Å². The third-order valence-corrected chi connectivity index (χ3v) is 2.79. The van der Waals surface area contributed by atoms with E-state index in [0.29, 0.717) is 5.92 Å². The van der Waals surface area contributed by atoms with Gasteiger partial charge in [-0.3, -0.25) is 0 Å². The molecule has 1 rings (SSSR count). The van der Waals surface area contributed by atoms with Crippen LogP contribution in [-0.2, 0) is 0 Å². The Morgan fingerprint density at radius 3 is 2.23 bits per heavy atom. The van der Waals surface area contributed by atoms with E-state index >= 15 is 0 Å². The lowest BCUT2D eigenvalue weighted by atomic mass is 9.77. The third kappa shape index (κ3) is 2.18. The minimum absolute atomic E-state index is 0.0542. The molecule has 70 valence electrons. The zero-order chi connectivity index (χ0) is 9.90. The summed E-state index contributed by atoms with van der Waals surface area (Å²) >= 11 is 0. The molecule has 1 unspecified atom stereocenters. The van der Waals surface area contributed by atoms with E-state index in [0.717, 1.165) is 0 Å². The van der Waals surface area contributed by atoms with Gasteiger partial charge in [0.15, 0.2) is 0 Å². The number of benzene rings is 1. The highest BCUT2D eigenvalue weighted by Gasteiger charge is 2.24. The lowest BCUT2D eigenvalue weighted by Gasteiger charge is -2.27. The van der Waals surface area contributed by atoms with Crippen LogP contribution in [0.5, 0.6) is 0 Å². The first-order chi connectivity index (χ1) is 6.08. The van der Waals surface area contributed by atoms with E-state index in [4.69, 9.17) is 5.41 Å². The van der Waals surface area contributed by atoms with Crippen LogP contribution in [0, 0.1) is 10.8 Å². The molecule has 0 spiro atoms. The van der Waals surface area contributed by atoms with Gasteiger partial charge in [0, 0.05) is 11.6 Å². The van der Waals surface area contributed by atoms with Crippen LogP contribution in [0.2, 0.25) is 0 Å². The van der Waals surface area contributed by atoms with Crippen LogP contribution in [0.15, 0.2) is 30.3 Å². The maximum Gasteiger partial charge on any atom is 0.00590 e. The Balaban J connectivity index is 2.91. The summed E-state index contributed by atoms with van der Waals surface area (Å²) in [6.07, 6.45) is 1.53. The zero-order valence-electron chi connectivity index (χ0n) is 8.54. The maximum atomic E-state index is 7.36. The molecule has 0 bridgehead atoms. The molecule has 0 saturated heterocycles. The summed E-state index contributed by atoms with van der Waals surface area (Å²) in [6, 6.07) is 10.4. The van der Waals surface area contributed by atoms with Gasteiger partial charge in [-0.15, -0.1) is 0 Å². The fourth-order valence-electron chi connectivity index (χ4n) is 1.30. The van der Waals surface area contributed by atoms with E-state index in [1.807, 2.05) is 18.2 Å². The summed E-state index contributed by atoms with van der Waals surface area (Å²) in [6.45, 7) is 6.36. The Bertz CT molecular complexity index is 274. The Morgan fingerprint density at radius 1 is 1.23 bits per heavy atom. The molecule has 0 aromatic heterocycles. The average Bonchev–Trinajstić information content (AvgIpc) is 2.18. The molecule has 1 heteroatoms. The second-order valence-corrected chi connectivity index (χ2v) is 4.10. The summed E-state index contributed by atoms with van der Waals surface area (Å²) < 4.78 is 0. The molecule has 1 N–H and O–H groups in total. The average molecular weight is 175 g/mol. The quantitative estimate of drug-likeness (QED) is 0.680. The number of rotatable bonds is 3. The molecule has 1 nitrogen and oxygen atoms in total. The van der Waals surface area contributed by atoms with Crippen LogP contribution < -0.4 is 0 Å². The van der Waals surface area contributed by atoms with E-state index in [1.165, 1.54) is 11.8 Å². The van der Waals surface area contributed by atoms with Gasteiger partial charge in [-0.2, -0.15) is 0 Å². The molecule has 0 saturated carbocycles. The number of hydrogen-bond acceptors (Lipinski definition) is 1. The monoisotopic (exact) mass is 175 g/mol. The Kier molecular flexibility index (Phi) is 2.86. The normalized spacial score (nSPS) is 13.8. The SMILES string of the molecule is CC(c1ccccc1)C(C)(C)C=N. The third-order valence-electron chi connectivity index (χ3n) is 2.79. The first kappa shape index (κ1) is 9.97. The molecule has 1 atom stereocenters. The van der Waals surface area contributed by atoms with E-state index < -0.39 is 0 Å². The second kappa shape index (κ2) is 3.73. The van der Waals surface area contributed by atoms with Gasteiger partial charge in [0.25, 0.3) is 0 Å². The predicted molar refractivity (Wildman–Crippen MR) is 57.4 cm³/mol. The van der Waals surface area contributed by atoms with Crippen molar-refractivity contribution in [2.45, 2.75) is 26.7 Å². The van der Waals surface area contributed by atoms with E-state index in [-0.39, 0.29) is 5.41 Å². The van der Waals surface area contributed by atoms with Gasteiger partial charge < -0.3 is 5.41 Å². The van der Waals surface area contributed by atoms with Crippen LogP contribution in [0.25, 0.3) is 0 Å². The highest BCUT2D eigenvalue weighted by molar-refractivity contribution is 5.63. The molecule has 0 aliphatic carbocycles. The lowest BCUT2D eigenvalue weighted by Crippen LogP contribution is -2.20. The van der Waals surface area contributed by atoms with Gasteiger partial charge in [0.05, 0.1) is 0 Å². The van der Waals surface area contributed by atoms with Crippen molar-refractivity contribution in [3.63, 3.8) is 0 Å². The molecular weight excluding hydrogens is 158 g/mol. The van der Waals surface area contributed by atoms with E-state index in [1.54, 1.807) is 0 Å². The number of nitrogens with one attached hydrogen (secondary N) is 1. The molecular formula is C12H17N. The highest BCUT2D eigenvalue weighted by atomic mass is 14.4. The largest absolute Gasteiger partial charge is 0.313 e. The predicted octanol–water partition coefficient (Wildman–Crippen LogP) is 3.47. The zero-order valence-corrected chi connectivity index (χ0v) is 8.54. The summed E-state index contributed by atoms with van der Waals surface area (Å²) in [4.78, 5) is 0. The molecule has 1 aromatic rings. The van der Waals surface area contributed by atoms with Crippen molar-refractivity contribution in [3.8, 4) is 0 Å². The fourth-order valence-corrected chi connectivity index (χ4v) is 1.30. The van der Waals surface area contributed by atoms with Gasteiger partial charge >= 0.3 is 0 Å². The van der Waals surface area contributed by atoms with Gasteiger partial charge in [-0.1, -0.05) is 51.1 Å². The molecule has 0 amide bonds. The van der Waals surface area contributed by atoms with Crippen molar-refractivity contribution >= 4 is 6.21 Å². The number of hydrogen-bond donors (Lipinski definition) is 1. The summed E-state index contributed by atoms with van der Waals surface area (Å²) in [5, 5.41) is 7.36. The van der Waals surface area contributed by atoms with Crippen LogP contribution in [0.1, 0.15) is 32.3 Å². The molecule has 0 heterocycles. The minimum Gasteiger partial charge on any atom is -0.313 e. The lowest BCUT2D eigenvalue weighted by molar-refractivity contribution is 0.439. The summed E-state index contributed by atoms with van der Waals surface area (Å²) in [5.41, 5.74) is 1.25. The summed E-state index contributed by atoms with van der Waals surface area (Å²) in [5.74, 6) is 0.395. The molecule has 1 aromatic carbocycles. The van der Waals surface area contributed by atoms with E-state index in [2.05, 4.69) is 32.9 Å². The maximum absolute atomic E-state index is 7.36. The fraction of sp³-hybridized carbons (Fsp3) is 0.417. The molecule has 0 aliphatic rings. The van der Waals surface area contributed by atoms with Crippen molar-refractivity contribution in [3.05, 3.63) is 35.9 Å². The molecule has 0 fully saturated rings. The van der Waals surface area contributed by atoms with Crippen molar-refractivity contribution in [1.29, 1.82) is 5.41 Å².